The molecule has 0 fully saturated rings. The van der Waals surface area contributed by atoms with Gasteiger partial charge in [0, 0.05) is 35.3 Å². The van der Waals surface area contributed by atoms with Crippen molar-refractivity contribution in [2.45, 2.75) is 20.0 Å². The van der Waals surface area contributed by atoms with E-state index in [4.69, 9.17) is 30.5 Å². The molecule has 0 radical (unpaired) electrons. The summed E-state index contributed by atoms with van der Waals surface area (Å²) >= 11 is 6.02. The van der Waals surface area contributed by atoms with Crippen molar-refractivity contribution in [3.8, 4) is 17.2 Å². The van der Waals surface area contributed by atoms with Crippen LogP contribution >= 0.6 is 11.6 Å². The van der Waals surface area contributed by atoms with E-state index < -0.39 is 11.9 Å². The number of aromatic nitrogens is 2. The van der Waals surface area contributed by atoms with Gasteiger partial charge in [-0.25, -0.2) is 9.48 Å². The van der Waals surface area contributed by atoms with E-state index in [1.807, 2.05) is 17.0 Å². The molecule has 35 heavy (non-hydrogen) atoms. The lowest BCUT2D eigenvalue weighted by Gasteiger charge is -2.22. The standard InChI is InChI=1S/C25H28ClN3O6/c1-5-35-25(31)24-18(13-27-29(24)20-9-7-19(26)8-10-20)15-28(16-23(30)34-4)14-17-6-11-21(32-2)12-22(17)33-3/h6-13H,5,14-16H2,1-4H3. The highest BCUT2D eigenvalue weighted by atomic mass is 35.5. The van der Waals surface area contributed by atoms with Crippen molar-refractivity contribution in [2.24, 2.45) is 0 Å². The van der Waals surface area contributed by atoms with Gasteiger partial charge in [0.05, 0.1) is 46.4 Å². The third-order valence-electron chi connectivity index (χ3n) is 5.25. The van der Waals surface area contributed by atoms with Gasteiger partial charge in [-0.15, -0.1) is 0 Å². The highest BCUT2D eigenvalue weighted by Crippen LogP contribution is 2.27. The summed E-state index contributed by atoms with van der Waals surface area (Å²) in [6.07, 6.45) is 1.59. The quantitative estimate of drug-likeness (QED) is 0.365. The molecule has 2 aromatic carbocycles. The molecule has 0 amide bonds. The molecule has 0 unspecified atom stereocenters. The summed E-state index contributed by atoms with van der Waals surface area (Å²) in [4.78, 5) is 27.0. The smallest absolute Gasteiger partial charge is 0.357 e. The van der Waals surface area contributed by atoms with Crippen LogP contribution in [0.3, 0.4) is 0 Å². The fraction of sp³-hybridized carbons (Fsp3) is 0.320. The molecule has 0 aliphatic carbocycles. The van der Waals surface area contributed by atoms with Crippen LogP contribution in [-0.4, -0.2) is 61.1 Å². The third kappa shape index (κ3) is 6.52. The SMILES string of the molecule is CCOC(=O)c1c(CN(CC(=O)OC)Cc2ccc(OC)cc2OC)cnn1-c1ccc(Cl)cc1. The van der Waals surface area contributed by atoms with Crippen LogP contribution in [-0.2, 0) is 27.4 Å². The van der Waals surface area contributed by atoms with Gasteiger partial charge >= 0.3 is 11.9 Å². The summed E-state index contributed by atoms with van der Waals surface area (Å²) in [6, 6.07) is 12.4. The molecule has 0 aliphatic rings. The van der Waals surface area contributed by atoms with Gasteiger partial charge in [-0.3, -0.25) is 9.69 Å². The molecular formula is C25H28ClN3O6. The summed E-state index contributed by atoms with van der Waals surface area (Å²) in [5.74, 6) is 0.330. The lowest BCUT2D eigenvalue weighted by Crippen LogP contribution is -2.30. The number of esters is 2. The van der Waals surface area contributed by atoms with Crippen LogP contribution in [0, 0.1) is 0 Å². The highest BCUT2D eigenvalue weighted by Gasteiger charge is 2.24. The number of methoxy groups -OCH3 is 3. The Labute approximate surface area is 209 Å². The first-order valence-electron chi connectivity index (χ1n) is 10.9. The van der Waals surface area contributed by atoms with Crippen molar-refractivity contribution in [1.82, 2.24) is 14.7 Å². The number of ether oxygens (including phenoxy) is 4. The third-order valence-corrected chi connectivity index (χ3v) is 5.50. The van der Waals surface area contributed by atoms with Crippen LogP contribution < -0.4 is 9.47 Å². The minimum absolute atomic E-state index is 0.0138. The van der Waals surface area contributed by atoms with E-state index >= 15 is 0 Å². The molecule has 0 saturated carbocycles. The normalized spacial score (nSPS) is 10.8. The minimum atomic E-state index is -0.519. The molecular weight excluding hydrogens is 474 g/mol. The van der Waals surface area contributed by atoms with Crippen molar-refractivity contribution < 1.29 is 28.5 Å². The number of nitrogens with zero attached hydrogens (tertiary/aromatic N) is 3. The fourth-order valence-electron chi connectivity index (χ4n) is 3.57. The highest BCUT2D eigenvalue weighted by molar-refractivity contribution is 6.30. The van der Waals surface area contributed by atoms with Crippen molar-refractivity contribution in [1.29, 1.82) is 0 Å². The molecule has 1 aromatic heterocycles. The van der Waals surface area contributed by atoms with E-state index in [0.717, 1.165) is 5.56 Å². The lowest BCUT2D eigenvalue weighted by molar-refractivity contribution is -0.142. The molecule has 0 N–H and O–H groups in total. The molecule has 3 rings (SSSR count). The van der Waals surface area contributed by atoms with Crippen LogP contribution in [0.2, 0.25) is 5.02 Å². The van der Waals surface area contributed by atoms with Crippen molar-refractivity contribution in [2.75, 3.05) is 34.5 Å². The number of hydrogen-bond donors (Lipinski definition) is 0. The van der Waals surface area contributed by atoms with Crippen LogP contribution in [0.15, 0.2) is 48.7 Å². The van der Waals surface area contributed by atoms with Crippen LogP contribution in [0.25, 0.3) is 5.69 Å². The van der Waals surface area contributed by atoms with Crippen LogP contribution in [0.1, 0.15) is 28.5 Å². The zero-order chi connectivity index (χ0) is 25.4. The Kier molecular flexibility index (Phi) is 9.11. The summed E-state index contributed by atoms with van der Waals surface area (Å²) < 4.78 is 22.5. The van der Waals surface area contributed by atoms with Gasteiger partial charge in [0.1, 0.15) is 11.5 Å². The number of hydrogen-bond acceptors (Lipinski definition) is 8. The molecule has 186 valence electrons. The van der Waals surface area contributed by atoms with Gasteiger partial charge < -0.3 is 18.9 Å². The van der Waals surface area contributed by atoms with E-state index in [1.165, 1.54) is 11.8 Å². The summed E-state index contributed by atoms with van der Waals surface area (Å²) in [5, 5.41) is 4.99. The van der Waals surface area contributed by atoms with Gasteiger partial charge in [0.25, 0.3) is 0 Å². The maximum absolute atomic E-state index is 12.9. The molecule has 10 heteroatoms. The number of carbonyl (C=O) groups is 2. The largest absolute Gasteiger partial charge is 0.497 e. The average Bonchev–Trinajstić information content (AvgIpc) is 3.28. The Bertz CT molecular complexity index is 1160. The second-order valence-corrected chi connectivity index (χ2v) is 7.96. The van der Waals surface area contributed by atoms with E-state index in [1.54, 1.807) is 57.7 Å². The monoisotopic (exact) mass is 501 g/mol. The van der Waals surface area contributed by atoms with E-state index in [2.05, 4.69) is 5.10 Å². The Balaban J connectivity index is 1.98. The van der Waals surface area contributed by atoms with Crippen molar-refractivity contribution >= 4 is 23.5 Å². The number of carbonyl (C=O) groups excluding carboxylic acids is 2. The van der Waals surface area contributed by atoms with E-state index in [-0.39, 0.29) is 25.4 Å². The molecule has 0 aliphatic heterocycles. The number of rotatable bonds is 11. The van der Waals surface area contributed by atoms with E-state index in [0.29, 0.717) is 34.3 Å². The molecule has 0 atom stereocenters. The van der Waals surface area contributed by atoms with Crippen LogP contribution in [0.4, 0.5) is 0 Å². The van der Waals surface area contributed by atoms with Gasteiger partial charge in [-0.2, -0.15) is 5.10 Å². The number of benzene rings is 2. The average molecular weight is 502 g/mol. The Morgan fingerprint density at radius 2 is 1.71 bits per heavy atom. The summed E-state index contributed by atoms with van der Waals surface area (Å²) in [5.41, 5.74) is 2.35. The molecule has 3 aromatic rings. The maximum atomic E-state index is 12.9. The second-order valence-electron chi connectivity index (χ2n) is 7.53. The predicted octanol–water partition coefficient (Wildman–Crippen LogP) is 3.89. The fourth-order valence-corrected chi connectivity index (χ4v) is 3.70. The minimum Gasteiger partial charge on any atom is -0.497 e. The maximum Gasteiger partial charge on any atom is 0.357 e. The summed E-state index contributed by atoms with van der Waals surface area (Å²) in [7, 11) is 4.47. The second kappa shape index (κ2) is 12.2. The molecule has 9 nitrogen and oxygen atoms in total. The molecule has 0 bridgehead atoms. The zero-order valence-corrected chi connectivity index (χ0v) is 20.9. The van der Waals surface area contributed by atoms with Gasteiger partial charge in [-0.05, 0) is 37.3 Å². The predicted molar refractivity (Wildman–Crippen MR) is 130 cm³/mol. The van der Waals surface area contributed by atoms with E-state index in [9.17, 15) is 9.59 Å². The molecule has 0 saturated heterocycles. The van der Waals surface area contributed by atoms with Gasteiger partial charge in [0.15, 0.2) is 5.69 Å². The Morgan fingerprint density at radius 3 is 2.34 bits per heavy atom. The first kappa shape index (κ1) is 26.1. The lowest BCUT2D eigenvalue weighted by atomic mass is 10.1. The number of halogens is 1. The first-order valence-corrected chi connectivity index (χ1v) is 11.3. The van der Waals surface area contributed by atoms with Crippen LogP contribution in [0.5, 0.6) is 11.5 Å². The van der Waals surface area contributed by atoms with Crippen molar-refractivity contribution in [3.63, 3.8) is 0 Å². The zero-order valence-electron chi connectivity index (χ0n) is 20.1. The first-order chi connectivity index (χ1) is 16.9. The Hall–Kier alpha value is -3.56. The molecule has 0 spiro atoms. The van der Waals surface area contributed by atoms with Gasteiger partial charge in [0.2, 0.25) is 0 Å². The Morgan fingerprint density at radius 1 is 1.00 bits per heavy atom. The van der Waals surface area contributed by atoms with Crippen molar-refractivity contribution in [3.05, 3.63) is 70.5 Å². The van der Waals surface area contributed by atoms with Gasteiger partial charge in [-0.1, -0.05) is 17.7 Å². The topological polar surface area (TPSA) is 92.1 Å². The summed E-state index contributed by atoms with van der Waals surface area (Å²) in [6.45, 7) is 2.50. The molecule has 1 heterocycles.